The molecule has 0 radical (unpaired) electrons. The Labute approximate surface area is 111 Å². The summed E-state index contributed by atoms with van der Waals surface area (Å²) in [5.41, 5.74) is 1.31. The van der Waals surface area contributed by atoms with Crippen molar-refractivity contribution in [2.45, 2.75) is 39.3 Å². The second-order valence-electron chi connectivity index (χ2n) is 3.61. The number of hydrogen-bond acceptors (Lipinski definition) is 3. The molecule has 0 amide bonds. The van der Waals surface area contributed by atoms with E-state index in [0.29, 0.717) is 0 Å². The van der Waals surface area contributed by atoms with Crippen molar-refractivity contribution < 1.29 is 4.74 Å². The van der Waals surface area contributed by atoms with Crippen LogP contribution in [-0.4, -0.2) is 19.3 Å². The predicted octanol–water partition coefficient (Wildman–Crippen LogP) is 3.98. The third-order valence-corrected chi connectivity index (χ3v) is 4.31. The first-order valence-corrected chi connectivity index (χ1v) is 7.54. The minimum atomic E-state index is 0.246. The Balaban J connectivity index is 2.84. The Hall–Kier alpha value is 0.1000. The fourth-order valence-electron chi connectivity index (χ4n) is 1.84. The van der Waals surface area contributed by atoms with Crippen LogP contribution in [-0.2, 0) is 4.74 Å². The maximum atomic E-state index is 5.81. The first-order valence-electron chi connectivity index (χ1n) is 5.81. The van der Waals surface area contributed by atoms with E-state index >= 15 is 0 Å². The van der Waals surface area contributed by atoms with Crippen LogP contribution >= 0.6 is 27.3 Å². The average molecular weight is 306 g/mol. The average Bonchev–Trinajstić information content (AvgIpc) is 2.69. The van der Waals surface area contributed by atoms with Gasteiger partial charge in [0.1, 0.15) is 0 Å². The highest BCUT2D eigenvalue weighted by Crippen LogP contribution is 2.31. The van der Waals surface area contributed by atoms with Gasteiger partial charge in [0.05, 0.1) is 12.1 Å². The number of thiophene rings is 1. The number of ether oxygens (including phenoxy) is 1. The van der Waals surface area contributed by atoms with Gasteiger partial charge in [-0.2, -0.15) is 11.3 Å². The summed E-state index contributed by atoms with van der Waals surface area (Å²) in [6.45, 7) is 8.07. The molecule has 0 aliphatic heterocycles. The minimum absolute atomic E-state index is 0.246. The molecule has 0 saturated heterocycles. The van der Waals surface area contributed by atoms with Crippen LogP contribution in [0.4, 0.5) is 0 Å². The second-order valence-corrected chi connectivity index (χ2v) is 5.21. The Morgan fingerprint density at radius 2 is 2.12 bits per heavy atom. The number of rotatable bonds is 7. The van der Waals surface area contributed by atoms with Gasteiger partial charge in [-0.25, -0.2) is 0 Å². The zero-order valence-corrected chi connectivity index (χ0v) is 12.5. The number of hydrogen-bond donors (Lipinski definition) is 1. The largest absolute Gasteiger partial charge is 0.377 e. The molecule has 0 fully saturated rings. The molecule has 2 unspecified atom stereocenters. The monoisotopic (exact) mass is 305 g/mol. The Morgan fingerprint density at radius 3 is 2.56 bits per heavy atom. The molecule has 1 N–H and O–H groups in total. The first kappa shape index (κ1) is 14.2. The Bertz CT molecular complexity index is 303. The van der Waals surface area contributed by atoms with Gasteiger partial charge in [-0.3, -0.25) is 0 Å². The van der Waals surface area contributed by atoms with E-state index in [9.17, 15) is 0 Å². The molecule has 0 saturated carbocycles. The van der Waals surface area contributed by atoms with E-state index in [2.05, 4.69) is 45.9 Å². The van der Waals surface area contributed by atoms with Crippen LogP contribution in [0.3, 0.4) is 0 Å². The lowest BCUT2D eigenvalue weighted by atomic mass is 10.0. The molecular weight excluding hydrogens is 286 g/mol. The molecule has 1 heterocycles. The topological polar surface area (TPSA) is 21.3 Å². The third kappa shape index (κ3) is 3.55. The van der Waals surface area contributed by atoms with Crippen molar-refractivity contribution in [3.05, 3.63) is 20.8 Å². The number of halogens is 1. The fraction of sp³-hybridized carbons (Fsp3) is 0.667. The van der Waals surface area contributed by atoms with Crippen LogP contribution in [0, 0.1) is 0 Å². The van der Waals surface area contributed by atoms with Crippen LogP contribution in [0.15, 0.2) is 15.2 Å². The molecule has 1 aromatic heterocycles. The molecule has 0 aliphatic rings. The summed E-state index contributed by atoms with van der Waals surface area (Å²) >= 11 is 5.32. The quantitative estimate of drug-likeness (QED) is 0.823. The summed E-state index contributed by atoms with van der Waals surface area (Å²) in [6.07, 6.45) is 1.27. The second kappa shape index (κ2) is 7.43. The highest BCUT2D eigenvalue weighted by molar-refractivity contribution is 9.10. The molecule has 2 atom stereocenters. The summed E-state index contributed by atoms with van der Waals surface area (Å²) in [5, 5.41) is 7.83. The van der Waals surface area contributed by atoms with Crippen molar-refractivity contribution in [3.8, 4) is 0 Å². The van der Waals surface area contributed by atoms with Crippen molar-refractivity contribution in [2.75, 3.05) is 13.2 Å². The van der Waals surface area contributed by atoms with E-state index in [1.165, 1.54) is 10.0 Å². The smallest absolute Gasteiger partial charge is 0.0767 e. The van der Waals surface area contributed by atoms with Crippen LogP contribution < -0.4 is 5.32 Å². The molecular formula is C12H20BrNOS. The molecule has 16 heavy (non-hydrogen) atoms. The number of likely N-dealkylation sites (N-methyl/N-ethyl adjacent to an activating group) is 1. The van der Waals surface area contributed by atoms with E-state index in [1.54, 1.807) is 11.3 Å². The number of nitrogens with one attached hydrogen (secondary N) is 1. The summed E-state index contributed by atoms with van der Waals surface area (Å²) in [7, 11) is 0. The molecule has 1 aromatic rings. The van der Waals surface area contributed by atoms with Crippen LogP contribution in [0.1, 0.15) is 38.8 Å². The summed E-state index contributed by atoms with van der Waals surface area (Å²) in [5.74, 6) is 0. The van der Waals surface area contributed by atoms with Crippen LogP contribution in [0.5, 0.6) is 0 Å². The first-order chi connectivity index (χ1) is 7.74. The summed E-state index contributed by atoms with van der Waals surface area (Å²) in [4.78, 5) is 0. The van der Waals surface area contributed by atoms with Gasteiger partial charge in [0, 0.05) is 16.5 Å². The Kier molecular flexibility index (Phi) is 6.58. The van der Waals surface area contributed by atoms with Crippen molar-refractivity contribution >= 4 is 27.3 Å². The van der Waals surface area contributed by atoms with Gasteiger partial charge >= 0.3 is 0 Å². The van der Waals surface area contributed by atoms with Gasteiger partial charge in [-0.15, -0.1) is 0 Å². The fourth-order valence-corrected chi connectivity index (χ4v) is 3.42. The van der Waals surface area contributed by atoms with E-state index in [-0.39, 0.29) is 12.1 Å². The highest BCUT2D eigenvalue weighted by Gasteiger charge is 2.23. The van der Waals surface area contributed by atoms with Crippen molar-refractivity contribution in [1.29, 1.82) is 0 Å². The van der Waals surface area contributed by atoms with E-state index in [0.717, 1.165) is 19.6 Å². The Morgan fingerprint density at radius 1 is 1.38 bits per heavy atom. The van der Waals surface area contributed by atoms with Gasteiger partial charge < -0.3 is 10.1 Å². The zero-order chi connectivity index (χ0) is 12.0. The van der Waals surface area contributed by atoms with Crippen LogP contribution in [0.2, 0.25) is 0 Å². The summed E-state index contributed by atoms with van der Waals surface area (Å²) in [6, 6.07) is 0.288. The molecule has 0 aromatic carbocycles. The molecule has 0 aliphatic carbocycles. The molecule has 0 spiro atoms. The van der Waals surface area contributed by atoms with Gasteiger partial charge in [0.2, 0.25) is 0 Å². The maximum absolute atomic E-state index is 5.81. The zero-order valence-electron chi connectivity index (χ0n) is 10.1. The lowest BCUT2D eigenvalue weighted by Crippen LogP contribution is -2.33. The highest BCUT2D eigenvalue weighted by atomic mass is 79.9. The molecule has 4 heteroatoms. The SMILES string of the molecule is CCNC(c1cscc1Br)C(CC)OCC. The molecule has 0 bridgehead atoms. The lowest BCUT2D eigenvalue weighted by molar-refractivity contribution is 0.0317. The lowest BCUT2D eigenvalue weighted by Gasteiger charge is -2.26. The van der Waals surface area contributed by atoms with Crippen molar-refractivity contribution in [2.24, 2.45) is 0 Å². The predicted molar refractivity (Wildman–Crippen MR) is 74.1 cm³/mol. The van der Waals surface area contributed by atoms with Gasteiger partial charge in [0.15, 0.2) is 0 Å². The van der Waals surface area contributed by atoms with Gasteiger partial charge in [0.25, 0.3) is 0 Å². The normalized spacial score (nSPS) is 15.0. The van der Waals surface area contributed by atoms with Gasteiger partial charge in [-0.05, 0) is 46.8 Å². The van der Waals surface area contributed by atoms with Gasteiger partial charge in [-0.1, -0.05) is 13.8 Å². The maximum Gasteiger partial charge on any atom is 0.0767 e. The third-order valence-electron chi connectivity index (χ3n) is 2.56. The standard InChI is InChI=1S/C12H20BrNOS/c1-4-11(15-6-3)12(14-5-2)9-7-16-8-10(9)13/h7-8,11-12,14H,4-6H2,1-3H3. The van der Waals surface area contributed by atoms with E-state index in [1.807, 2.05) is 6.92 Å². The molecule has 2 nitrogen and oxygen atoms in total. The van der Waals surface area contributed by atoms with Crippen molar-refractivity contribution in [3.63, 3.8) is 0 Å². The molecule has 1 rings (SSSR count). The van der Waals surface area contributed by atoms with Crippen molar-refractivity contribution in [1.82, 2.24) is 5.32 Å². The van der Waals surface area contributed by atoms with Crippen LogP contribution in [0.25, 0.3) is 0 Å². The molecule has 92 valence electrons. The van der Waals surface area contributed by atoms with E-state index < -0.39 is 0 Å². The summed E-state index contributed by atoms with van der Waals surface area (Å²) < 4.78 is 6.99. The minimum Gasteiger partial charge on any atom is -0.377 e. The van der Waals surface area contributed by atoms with E-state index in [4.69, 9.17) is 4.74 Å².